The molecule has 1 fully saturated rings. The molecule has 1 aliphatic rings. The van der Waals surface area contributed by atoms with Crippen molar-refractivity contribution in [3.8, 4) is 0 Å². The Balaban J connectivity index is 1.76. The molecular formula is C20H24OPS2+. The van der Waals surface area contributed by atoms with Crippen LogP contribution in [0.15, 0.2) is 54.6 Å². The van der Waals surface area contributed by atoms with Crippen LogP contribution in [0.2, 0.25) is 0 Å². The first kappa shape index (κ1) is 18.1. The molecule has 1 aliphatic carbocycles. The molecule has 4 atom stereocenters. The van der Waals surface area contributed by atoms with E-state index >= 15 is 0 Å². The molecule has 1 unspecified atom stereocenters. The van der Waals surface area contributed by atoms with Gasteiger partial charge >= 0.3 is 6.92 Å². The Hall–Kier alpha value is -0.730. The van der Waals surface area contributed by atoms with E-state index in [4.69, 9.17) is 29.0 Å². The fraction of sp³-hybridized carbons (Fsp3) is 0.400. The van der Waals surface area contributed by atoms with Crippen molar-refractivity contribution in [3.05, 3.63) is 54.6 Å². The highest BCUT2D eigenvalue weighted by molar-refractivity contribution is 8.06. The number of fused-ring (bicyclic) bond motifs is 1. The molecule has 4 heteroatoms. The molecule has 24 heavy (non-hydrogen) atoms. The Morgan fingerprint density at radius 1 is 1.29 bits per heavy atom. The number of hydrogen-bond acceptors (Lipinski definition) is 3. The van der Waals surface area contributed by atoms with E-state index < -0.39 is 6.92 Å². The maximum Gasteiger partial charge on any atom is 0.378 e. The molecule has 0 amide bonds. The third kappa shape index (κ3) is 3.75. The second-order valence-corrected chi connectivity index (χ2v) is 9.86. The van der Waals surface area contributed by atoms with E-state index in [9.17, 15) is 0 Å². The smallest absolute Gasteiger partial charge is 0.173 e. The van der Waals surface area contributed by atoms with Gasteiger partial charge < -0.3 is 0 Å². The average molecular weight is 376 g/mol. The number of rotatable bonds is 4. The quantitative estimate of drug-likeness (QED) is 0.412. The highest BCUT2D eigenvalue weighted by Gasteiger charge is 2.44. The molecular weight excluding hydrogens is 351 g/mol. The van der Waals surface area contributed by atoms with Gasteiger partial charge in [-0.25, -0.2) is 0 Å². The van der Waals surface area contributed by atoms with Gasteiger partial charge in [-0.1, -0.05) is 36.4 Å². The zero-order valence-corrected chi connectivity index (χ0v) is 16.8. The van der Waals surface area contributed by atoms with Crippen LogP contribution in [-0.4, -0.2) is 10.9 Å². The van der Waals surface area contributed by atoms with Gasteiger partial charge in [0.2, 0.25) is 11.8 Å². The van der Waals surface area contributed by atoms with Crippen LogP contribution in [-0.2, 0) is 16.3 Å². The summed E-state index contributed by atoms with van der Waals surface area (Å²) < 4.78 is 6.43. The second kappa shape index (κ2) is 7.25. The Morgan fingerprint density at radius 2 is 2.00 bits per heavy atom. The largest absolute Gasteiger partial charge is 0.378 e. The van der Waals surface area contributed by atoms with Crippen LogP contribution in [0.1, 0.15) is 33.1 Å². The lowest BCUT2D eigenvalue weighted by molar-refractivity contribution is 0.0627. The van der Waals surface area contributed by atoms with E-state index in [1.165, 1.54) is 16.3 Å². The minimum absolute atomic E-state index is 0.196. The van der Waals surface area contributed by atoms with E-state index in [0.29, 0.717) is 5.92 Å². The lowest BCUT2D eigenvalue weighted by Crippen LogP contribution is -2.43. The first-order chi connectivity index (χ1) is 11.4. The van der Waals surface area contributed by atoms with E-state index in [2.05, 4.69) is 62.9 Å². The fourth-order valence-corrected chi connectivity index (χ4v) is 5.86. The van der Waals surface area contributed by atoms with Crippen molar-refractivity contribution in [2.75, 3.05) is 0 Å². The number of thiol groups is 1. The molecule has 0 heterocycles. The molecule has 2 aromatic rings. The van der Waals surface area contributed by atoms with E-state index in [1.54, 1.807) is 0 Å². The molecule has 0 saturated heterocycles. The Kier molecular flexibility index (Phi) is 5.46. The summed E-state index contributed by atoms with van der Waals surface area (Å²) in [5.74, 6) is 0.557. The molecule has 0 radical (unpaired) electrons. The molecule has 3 rings (SSSR count). The summed E-state index contributed by atoms with van der Waals surface area (Å²) in [6.45, 7) is 7.33. The number of benzene rings is 2. The summed E-state index contributed by atoms with van der Waals surface area (Å²) >= 11 is 10.6. The third-order valence-electron chi connectivity index (χ3n) is 5.13. The van der Waals surface area contributed by atoms with Crippen molar-refractivity contribution in [1.82, 2.24) is 0 Å². The van der Waals surface area contributed by atoms with Crippen molar-refractivity contribution < 1.29 is 4.52 Å². The standard InChI is InChI=1S/C20H23OPS2/c1-14(2)16-10-11-20(3,19(23)13-16)21-22(24)18-9-8-15-6-4-5-7-17(15)12-18/h4-9,12,16,19H,1,10-11,13H2,2-3H3/p+1/t16-,19+,20+/m1/s1. The van der Waals surface area contributed by atoms with Crippen LogP contribution < -0.4 is 5.30 Å². The first-order valence-corrected chi connectivity index (χ1v) is 11.2. The summed E-state index contributed by atoms with van der Waals surface area (Å²) in [6.07, 6.45) is 3.12. The van der Waals surface area contributed by atoms with Crippen molar-refractivity contribution in [2.24, 2.45) is 5.92 Å². The summed E-state index contributed by atoms with van der Waals surface area (Å²) in [7, 11) is 0. The summed E-state index contributed by atoms with van der Waals surface area (Å²) in [4.78, 5) is 0. The Bertz CT molecular complexity index is 788. The van der Waals surface area contributed by atoms with Gasteiger partial charge in [-0.2, -0.15) is 17.2 Å². The first-order valence-electron chi connectivity index (χ1n) is 8.38. The maximum atomic E-state index is 6.43. The van der Waals surface area contributed by atoms with Crippen LogP contribution >= 0.6 is 19.6 Å². The molecule has 2 aromatic carbocycles. The molecule has 1 nitrogen and oxygen atoms in total. The lowest BCUT2D eigenvalue weighted by atomic mass is 9.77. The molecule has 1 saturated carbocycles. The Morgan fingerprint density at radius 3 is 2.67 bits per heavy atom. The van der Waals surface area contributed by atoms with E-state index in [-0.39, 0.29) is 10.9 Å². The number of allylic oxidation sites excluding steroid dienone is 1. The van der Waals surface area contributed by atoms with E-state index in [0.717, 1.165) is 24.6 Å². The predicted octanol–water partition coefficient (Wildman–Crippen LogP) is 5.77. The van der Waals surface area contributed by atoms with Gasteiger partial charge in [-0.15, -0.1) is 0 Å². The minimum atomic E-state index is -1.06. The van der Waals surface area contributed by atoms with Crippen LogP contribution in [0, 0.1) is 5.92 Å². The van der Waals surface area contributed by atoms with Crippen molar-refractivity contribution in [2.45, 2.75) is 44.0 Å². The van der Waals surface area contributed by atoms with E-state index in [1.807, 2.05) is 0 Å². The molecule has 0 spiro atoms. The highest BCUT2D eigenvalue weighted by Crippen LogP contribution is 2.45. The van der Waals surface area contributed by atoms with Crippen LogP contribution in [0.4, 0.5) is 0 Å². The van der Waals surface area contributed by atoms with Gasteiger partial charge in [-0.05, 0) is 68.0 Å². The zero-order valence-electron chi connectivity index (χ0n) is 14.2. The van der Waals surface area contributed by atoms with Gasteiger partial charge in [0.15, 0.2) is 5.30 Å². The Labute approximate surface area is 156 Å². The zero-order chi connectivity index (χ0) is 17.3. The molecule has 0 N–H and O–H groups in total. The van der Waals surface area contributed by atoms with Gasteiger partial charge in [0.1, 0.15) is 5.60 Å². The summed E-state index contributed by atoms with van der Waals surface area (Å²) in [5.41, 5.74) is 1.00. The van der Waals surface area contributed by atoms with Gasteiger partial charge in [-0.3, -0.25) is 0 Å². The van der Waals surface area contributed by atoms with Crippen molar-refractivity contribution in [1.29, 1.82) is 0 Å². The van der Waals surface area contributed by atoms with Gasteiger partial charge in [0, 0.05) is 5.25 Å². The summed E-state index contributed by atoms with van der Waals surface area (Å²) in [6, 6.07) is 14.8. The molecule has 0 aromatic heterocycles. The monoisotopic (exact) mass is 375 g/mol. The summed E-state index contributed by atoms with van der Waals surface area (Å²) in [5, 5.41) is 3.76. The topological polar surface area (TPSA) is 9.23 Å². The van der Waals surface area contributed by atoms with Crippen LogP contribution in [0.5, 0.6) is 0 Å². The highest BCUT2D eigenvalue weighted by atomic mass is 32.4. The molecule has 0 bridgehead atoms. The molecule has 0 aliphatic heterocycles. The van der Waals surface area contributed by atoms with Gasteiger partial charge in [0.05, 0.1) is 0 Å². The third-order valence-corrected chi connectivity index (χ3v) is 8.03. The molecule has 126 valence electrons. The second-order valence-electron chi connectivity index (χ2n) is 7.03. The SMILES string of the molecule is C=C(C)[C@@H]1CC[C@](C)(O[P+](=S)c2ccc3ccccc3c2)[C@@H](S)C1. The lowest BCUT2D eigenvalue weighted by Gasteiger charge is -2.38. The average Bonchev–Trinajstić information content (AvgIpc) is 2.56. The number of hydrogen-bond donors (Lipinski definition) is 1. The van der Waals surface area contributed by atoms with Crippen molar-refractivity contribution >= 4 is 47.4 Å². The van der Waals surface area contributed by atoms with Crippen LogP contribution in [0.25, 0.3) is 10.8 Å². The normalized spacial score (nSPS) is 27.9. The van der Waals surface area contributed by atoms with Crippen LogP contribution in [0.3, 0.4) is 0 Å². The van der Waals surface area contributed by atoms with Gasteiger partial charge in [0.25, 0.3) is 0 Å². The predicted molar refractivity (Wildman–Crippen MR) is 112 cm³/mol. The van der Waals surface area contributed by atoms with Crippen molar-refractivity contribution in [3.63, 3.8) is 0 Å². The minimum Gasteiger partial charge on any atom is -0.173 e. The fourth-order valence-electron chi connectivity index (χ4n) is 3.35. The maximum absolute atomic E-state index is 6.43.